The smallest absolute Gasteiger partial charge is 0.255 e. The van der Waals surface area contributed by atoms with E-state index in [2.05, 4.69) is 10.3 Å². The first-order valence-electron chi connectivity index (χ1n) is 7.74. The van der Waals surface area contributed by atoms with Crippen LogP contribution >= 0.6 is 0 Å². The van der Waals surface area contributed by atoms with Gasteiger partial charge in [0, 0.05) is 12.1 Å². The first-order valence-corrected chi connectivity index (χ1v) is 7.74. The number of carbonyl (C=O) groups excluding carboxylic acids is 1. The molecule has 0 aliphatic rings. The van der Waals surface area contributed by atoms with Gasteiger partial charge in [-0.05, 0) is 18.1 Å². The second kappa shape index (κ2) is 7.69. The lowest BCUT2D eigenvalue weighted by Crippen LogP contribution is -2.30. The van der Waals surface area contributed by atoms with Gasteiger partial charge in [-0.2, -0.15) is 0 Å². The number of aromatic nitrogens is 2. The Labute approximate surface area is 145 Å². The molecule has 2 rings (SSSR count). The molecule has 0 radical (unpaired) electrons. The number of carbonyl (C=O) groups is 1. The number of hydrogen-bond donors (Lipinski definition) is 2. The Morgan fingerprint density at radius 3 is 2.56 bits per heavy atom. The summed E-state index contributed by atoms with van der Waals surface area (Å²) in [6.07, 6.45) is 0. The predicted molar refractivity (Wildman–Crippen MR) is 95.2 cm³/mol. The molecule has 0 aliphatic heterocycles. The molecule has 0 fully saturated rings. The minimum atomic E-state index is -0.420. The van der Waals surface area contributed by atoms with Gasteiger partial charge >= 0.3 is 0 Å². The summed E-state index contributed by atoms with van der Waals surface area (Å²) >= 11 is 0. The Morgan fingerprint density at radius 1 is 1.28 bits per heavy atom. The molecule has 1 aromatic carbocycles. The minimum absolute atomic E-state index is 0.00745. The fraction of sp³-hybridized carbons (Fsp3) is 0.353. The van der Waals surface area contributed by atoms with Crippen molar-refractivity contribution in [2.45, 2.75) is 26.3 Å². The molecule has 0 spiro atoms. The van der Waals surface area contributed by atoms with Gasteiger partial charge in [-0.25, -0.2) is 4.98 Å². The van der Waals surface area contributed by atoms with Gasteiger partial charge in [-0.15, -0.1) is 0 Å². The third kappa shape index (κ3) is 4.28. The third-order valence-corrected chi connectivity index (χ3v) is 3.63. The summed E-state index contributed by atoms with van der Waals surface area (Å²) in [7, 11) is 3.03. The molecule has 3 N–H and O–H groups in total. The number of amides is 1. The van der Waals surface area contributed by atoms with E-state index in [9.17, 15) is 9.59 Å². The molecule has 1 amide bonds. The van der Waals surface area contributed by atoms with Crippen LogP contribution in [0, 0.1) is 0 Å². The number of nitrogens with zero attached hydrogens (tertiary/aromatic N) is 2. The van der Waals surface area contributed by atoms with Gasteiger partial charge in [0.05, 0.1) is 25.6 Å². The van der Waals surface area contributed by atoms with Crippen LogP contribution in [0.25, 0.3) is 0 Å². The molecule has 8 nitrogen and oxygen atoms in total. The number of nitrogens with two attached hydrogens (primary N) is 1. The van der Waals surface area contributed by atoms with Crippen molar-refractivity contribution in [1.82, 2.24) is 9.55 Å². The van der Waals surface area contributed by atoms with Crippen molar-refractivity contribution in [2.75, 3.05) is 25.3 Å². The van der Waals surface area contributed by atoms with Crippen LogP contribution in [0.2, 0.25) is 0 Å². The van der Waals surface area contributed by atoms with Crippen LogP contribution in [0.15, 0.2) is 29.1 Å². The zero-order valence-corrected chi connectivity index (χ0v) is 14.7. The Kier molecular flexibility index (Phi) is 5.63. The topological polar surface area (TPSA) is 108 Å². The van der Waals surface area contributed by atoms with Crippen molar-refractivity contribution in [1.29, 1.82) is 0 Å². The summed E-state index contributed by atoms with van der Waals surface area (Å²) in [5.41, 5.74) is 6.52. The van der Waals surface area contributed by atoms with Gasteiger partial charge in [0.25, 0.3) is 5.56 Å². The summed E-state index contributed by atoms with van der Waals surface area (Å²) in [6, 6.07) is 6.39. The Balaban J connectivity index is 2.20. The van der Waals surface area contributed by atoms with Crippen LogP contribution in [0.5, 0.6) is 11.5 Å². The summed E-state index contributed by atoms with van der Waals surface area (Å²) in [5.74, 6) is 0.705. The average molecular weight is 346 g/mol. The van der Waals surface area contributed by atoms with Crippen LogP contribution in [0.4, 0.5) is 11.6 Å². The minimum Gasteiger partial charge on any atom is -0.497 e. The number of nitrogen functional groups attached to an aromatic ring is 1. The van der Waals surface area contributed by atoms with E-state index in [1.54, 1.807) is 18.2 Å². The predicted octanol–water partition coefficient (Wildman–Crippen LogP) is 1.60. The normalized spacial score (nSPS) is 10.6. The van der Waals surface area contributed by atoms with Gasteiger partial charge < -0.3 is 20.5 Å². The van der Waals surface area contributed by atoms with E-state index in [1.807, 2.05) is 13.8 Å². The number of hydrogen-bond acceptors (Lipinski definition) is 6. The molecule has 1 aromatic heterocycles. The largest absolute Gasteiger partial charge is 0.497 e. The molecule has 25 heavy (non-hydrogen) atoms. The molecule has 1 heterocycles. The molecular weight excluding hydrogens is 324 g/mol. The highest BCUT2D eigenvalue weighted by atomic mass is 16.5. The van der Waals surface area contributed by atoms with Gasteiger partial charge in [0.15, 0.2) is 0 Å². The Hall–Kier alpha value is -3.03. The van der Waals surface area contributed by atoms with Gasteiger partial charge in [0.1, 0.15) is 18.0 Å². The standard InChI is InChI=1S/C17H22N4O4/c1-10(2)13-8-16(23)21(17(18)20-13)9-15(22)19-12-6-5-11(24-3)7-14(12)25-4/h5-8,10H,9H2,1-4H3,(H2,18,20)(H,19,22). The fourth-order valence-corrected chi connectivity index (χ4v) is 2.23. The Morgan fingerprint density at radius 2 is 2.00 bits per heavy atom. The van der Waals surface area contributed by atoms with Crippen molar-refractivity contribution >= 4 is 17.5 Å². The maximum atomic E-state index is 12.3. The molecule has 0 atom stereocenters. The zero-order chi connectivity index (χ0) is 18.6. The van der Waals surface area contributed by atoms with E-state index in [0.717, 1.165) is 4.57 Å². The number of benzene rings is 1. The number of rotatable bonds is 6. The van der Waals surface area contributed by atoms with Crippen LogP contribution in [-0.2, 0) is 11.3 Å². The summed E-state index contributed by atoms with van der Waals surface area (Å²) in [5, 5.41) is 2.69. The Bertz CT molecular complexity index is 830. The highest BCUT2D eigenvalue weighted by molar-refractivity contribution is 5.92. The molecule has 2 aromatic rings. The van der Waals surface area contributed by atoms with Crippen molar-refractivity contribution in [3.8, 4) is 11.5 Å². The first kappa shape index (κ1) is 18.3. The van der Waals surface area contributed by atoms with Gasteiger partial charge in [-0.1, -0.05) is 13.8 Å². The molecular formula is C17H22N4O4. The van der Waals surface area contributed by atoms with Crippen LogP contribution < -0.4 is 26.1 Å². The summed E-state index contributed by atoms with van der Waals surface area (Å²) in [6.45, 7) is 3.58. The van der Waals surface area contributed by atoms with Crippen LogP contribution in [-0.4, -0.2) is 29.7 Å². The van der Waals surface area contributed by atoms with E-state index < -0.39 is 5.91 Å². The van der Waals surface area contributed by atoms with E-state index >= 15 is 0 Å². The van der Waals surface area contributed by atoms with Crippen molar-refractivity contribution in [3.63, 3.8) is 0 Å². The summed E-state index contributed by atoms with van der Waals surface area (Å²) in [4.78, 5) is 28.6. The average Bonchev–Trinajstić information content (AvgIpc) is 2.58. The fourth-order valence-electron chi connectivity index (χ4n) is 2.23. The number of nitrogens with one attached hydrogen (secondary N) is 1. The maximum absolute atomic E-state index is 12.3. The third-order valence-electron chi connectivity index (χ3n) is 3.63. The van der Waals surface area contributed by atoms with Crippen molar-refractivity contribution in [3.05, 3.63) is 40.3 Å². The highest BCUT2D eigenvalue weighted by Gasteiger charge is 2.14. The van der Waals surface area contributed by atoms with Crippen LogP contribution in [0.3, 0.4) is 0 Å². The number of ether oxygens (including phenoxy) is 2. The quantitative estimate of drug-likeness (QED) is 0.822. The summed E-state index contributed by atoms with van der Waals surface area (Å²) < 4.78 is 11.5. The van der Waals surface area contributed by atoms with Gasteiger partial charge in [0.2, 0.25) is 11.9 Å². The molecule has 0 saturated carbocycles. The second-order valence-corrected chi connectivity index (χ2v) is 5.73. The lowest BCUT2D eigenvalue weighted by molar-refractivity contribution is -0.116. The van der Waals surface area contributed by atoms with E-state index in [-0.39, 0.29) is 24.0 Å². The first-order chi connectivity index (χ1) is 11.8. The van der Waals surface area contributed by atoms with Crippen LogP contribution in [0.1, 0.15) is 25.5 Å². The monoisotopic (exact) mass is 346 g/mol. The molecule has 0 saturated heterocycles. The number of methoxy groups -OCH3 is 2. The lowest BCUT2D eigenvalue weighted by atomic mass is 10.1. The van der Waals surface area contributed by atoms with E-state index in [1.165, 1.54) is 20.3 Å². The molecule has 134 valence electrons. The molecule has 0 aliphatic carbocycles. The maximum Gasteiger partial charge on any atom is 0.255 e. The molecule has 0 unspecified atom stereocenters. The highest BCUT2D eigenvalue weighted by Crippen LogP contribution is 2.28. The van der Waals surface area contributed by atoms with E-state index in [4.69, 9.17) is 15.2 Å². The second-order valence-electron chi connectivity index (χ2n) is 5.73. The lowest BCUT2D eigenvalue weighted by Gasteiger charge is -2.14. The molecule has 0 bridgehead atoms. The SMILES string of the molecule is COc1ccc(NC(=O)Cn2c(N)nc(C(C)C)cc2=O)c(OC)c1. The number of anilines is 2. The zero-order valence-electron chi connectivity index (χ0n) is 14.7. The van der Waals surface area contributed by atoms with Crippen molar-refractivity contribution in [2.24, 2.45) is 0 Å². The van der Waals surface area contributed by atoms with Crippen molar-refractivity contribution < 1.29 is 14.3 Å². The molecule has 8 heteroatoms. The van der Waals surface area contributed by atoms with E-state index in [0.29, 0.717) is 22.9 Å². The van der Waals surface area contributed by atoms with Gasteiger partial charge in [-0.3, -0.25) is 14.2 Å².